The molecule has 3 N–H and O–H groups in total. The molecular weight excluding hydrogens is 860 g/mol. The first kappa shape index (κ1) is 44.1. The van der Waals surface area contributed by atoms with Crippen molar-refractivity contribution >= 4 is 60.9 Å². The molecule has 0 unspecified atom stereocenters. The van der Waals surface area contributed by atoms with Crippen LogP contribution in [0.2, 0.25) is 0 Å². The highest BCUT2D eigenvalue weighted by atomic mass is 32.2. The highest BCUT2D eigenvalue weighted by Crippen LogP contribution is 2.46. The first-order valence-corrected chi connectivity index (χ1v) is 23.1. The zero-order valence-corrected chi connectivity index (χ0v) is 36.4. The molecule has 19 heteroatoms. The molecule has 2 saturated heterocycles. The SMILES string of the molecule is CC1(C)CCC(CN2CCN(c3ccc(C(=O)NS(=O)(=O)c4ccc(NCC5CCOCC5)c([N+](=O)[O-])c4)c(Oc4cnc5[nH]ccc5c4)c3)CC2)=C(c2csc(C(F)(F)F)c2)C1. The minimum absolute atomic E-state index is 0.0249. The molecule has 0 radical (unpaired) electrons. The summed E-state index contributed by atoms with van der Waals surface area (Å²) in [5.74, 6) is -0.394. The number of sulfonamides is 1. The zero-order valence-electron chi connectivity index (χ0n) is 34.8. The Balaban J connectivity index is 1.00. The van der Waals surface area contributed by atoms with Gasteiger partial charge in [-0.15, -0.1) is 11.3 Å². The Morgan fingerprint density at radius 1 is 1.08 bits per heavy atom. The van der Waals surface area contributed by atoms with E-state index >= 15 is 0 Å². The number of pyridine rings is 1. The van der Waals surface area contributed by atoms with Crippen LogP contribution in [0, 0.1) is 21.4 Å². The van der Waals surface area contributed by atoms with Crippen LogP contribution in [0.5, 0.6) is 11.5 Å². The maximum atomic E-state index is 13.9. The number of nitro benzene ring substituents is 1. The number of ether oxygens (including phenoxy) is 2. The Morgan fingerprint density at radius 2 is 1.86 bits per heavy atom. The van der Waals surface area contributed by atoms with Crippen LogP contribution in [0.25, 0.3) is 16.6 Å². The van der Waals surface area contributed by atoms with E-state index in [0.717, 1.165) is 65.3 Å². The predicted molar refractivity (Wildman–Crippen MR) is 235 cm³/mol. The first-order chi connectivity index (χ1) is 30.0. The number of nitrogens with zero attached hydrogens (tertiary/aromatic N) is 4. The lowest BCUT2D eigenvalue weighted by Crippen LogP contribution is -2.47. The van der Waals surface area contributed by atoms with Gasteiger partial charge in [0.15, 0.2) is 0 Å². The van der Waals surface area contributed by atoms with Crippen molar-refractivity contribution < 1.29 is 40.8 Å². The number of aromatic nitrogens is 2. The molecule has 0 atom stereocenters. The van der Waals surface area contributed by atoms with Gasteiger partial charge in [-0.25, -0.2) is 18.1 Å². The average molecular weight is 908 g/mol. The van der Waals surface area contributed by atoms with E-state index in [1.165, 1.54) is 30.5 Å². The summed E-state index contributed by atoms with van der Waals surface area (Å²) in [7, 11) is -4.60. The summed E-state index contributed by atoms with van der Waals surface area (Å²) in [6.07, 6.45) is 2.87. The number of thiophene rings is 1. The zero-order chi connectivity index (χ0) is 44.5. The van der Waals surface area contributed by atoms with E-state index in [-0.39, 0.29) is 28.3 Å². The molecule has 3 aliphatic rings. The van der Waals surface area contributed by atoms with Crippen LogP contribution in [-0.4, -0.2) is 86.6 Å². The second kappa shape index (κ2) is 17.9. The van der Waals surface area contributed by atoms with E-state index < -0.39 is 42.5 Å². The molecule has 63 heavy (non-hydrogen) atoms. The molecule has 2 aliphatic heterocycles. The number of allylic oxidation sites excluding steroid dienone is 1. The number of anilines is 2. The topological polar surface area (TPSA) is 172 Å². The number of piperazine rings is 1. The van der Waals surface area contributed by atoms with Crippen molar-refractivity contribution in [3.63, 3.8) is 0 Å². The van der Waals surface area contributed by atoms with E-state index in [9.17, 15) is 36.5 Å². The number of hydrogen-bond donors (Lipinski definition) is 3. The van der Waals surface area contributed by atoms with Gasteiger partial charge in [0.25, 0.3) is 21.6 Å². The van der Waals surface area contributed by atoms with Gasteiger partial charge in [0.2, 0.25) is 0 Å². The maximum Gasteiger partial charge on any atom is 0.425 e. The number of carbonyl (C=O) groups excluding carboxylic acids is 1. The number of fused-ring (bicyclic) bond motifs is 1. The van der Waals surface area contributed by atoms with E-state index in [2.05, 4.69) is 43.7 Å². The molecule has 0 spiro atoms. The van der Waals surface area contributed by atoms with Crippen molar-refractivity contribution in [2.24, 2.45) is 11.3 Å². The van der Waals surface area contributed by atoms with Gasteiger partial charge < -0.3 is 24.7 Å². The second-order valence-electron chi connectivity index (χ2n) is 17.1. The molecule has 0 bridgehead atoms. The first-order valence-electron chi connectivity index (χ1n) is 20.8. The van der Waals surface area contributed by atoms with Gasteiger partial charge in [0.05, 0.1) is 21.6 Å². The fraction of sp³-hybridized carbons (Fsp3) is 0.409. The molecule has 5 aromatic rings. The second-order valence-corrected chi connectivity index (χ2v) is 19.7. The number of H-pyrrole nitrogens is 1. The van der Waals surface area contributed by atoms with Gasteiger partial charge in [0.1, 0.15) is 27.7 Å². The number of amides is 1. The standard InChI is InChI=1S/C44H48F3N7O7S2/c1-43(2)11-7-30(36(23-43)31-20-40(62-27-31)44(45,46)47)26-52-13-15-53(16-14-52)32-3-5-35(39(21-32)61-33-19-29-8-12-48-41(29)50-25-33)42(55)51-63(58,59)34-4-6-37(38(22-34)54(56)57)49-24-28-9-17-60-18-10-28/h3-6,8,12,19-22,25,27-28,49H,7,9-11,13-18,23-24,26H2,1-2H3,(H,48,50)(H,51,55). The largest absolute Gasteiger partial charge is 0.455 e. The summed E-state index contributed by atoms with van der Waals surface area (Å²) in [6.45, 7) is 9.15. The van der Waals surface area contributed by atoms with Crippen LogP contribution in [0.1, 0.15) is 66.8 Å². The van der Waals surface area contributed by atoms with E-state index in [4.69, 9.17) is 9.47 Å². The Bertz CT molecular complexity index is 2650. The number of benzene rings is 2. The summed E-state index contributed by atoms with van der Waals surface area (Å²) in [4.78, 5) is 36.1. The fourth-order valence-electron chi connectivity index (χ4n) is 8.39. The van der Waals surface area contributed by atoms with Crippen LogP contribution in [0.3, 0.4) is 0 Å². The van der Waals surface area contributed by atoms with E-state index in [0.29, 0.717) is 75.9 Å². The number of carbonyl (C=O) groups is 1. The summed E-state index contributed by atoms with van der Waals surface area (Å²) in [6, 6.07) is 13.1. The molecule has 8 rings (SSSR count). The molecule has 334 valence electrons. The number of aromatic amines is 1. The molecule has 1 amide bonds. The van der Waals surface area contributed by atoms with Gasteiger partial charge in [-0.3, -0.25) is 19.8 Å². The van der Waals surface area contributed by atoms with Gasteiger partial charge in [-0.1, -0.05) is 19.4 Å². The van der Waals surface area contributed by atoms with Crippen LogP contribution in [0.4, 0.5) is 30.2 Å². The molecular formula is C44H48F3N7O7S2. The van der Waals surface area contributed by atoms with Crippen molar-refractivity contribution in [2.75, 3.05) is 62.7 Å². The van der Waals surface area contributed by atoms with Crippen molar-refractivity contribution in [1.29, 1.82) is 0 Å². The quantitative estimate of drug-likeness (QED) is 0.0760. The Hall–Kier alpha value is -5.50. The van der Waals surface area contributed by atoms with Crippen LogP contribution < -0.4 is 19.7 Å². The lowest BCUT2D eigenvalue weighted by molar-refractivity contribution is -0.384. The fourth-order valence-corrected chi connectivity index (χ4v) is 10.2. The molecule has 3 aromatic heterocycles. The number of hydrogen-bond acceptors (Lipinski definition) is 12. The Labute approximate surface area is 366 Å². The Morgan fingerprint density at radius 3 is 2.59 bits per heavy atom. The van der Waals surface area contributed by atoms with Crippen molar-refractivity contribution in [3.8, 4) is 11.5 Å². The molecule has 2 fully saturated rings. The number of nitro groups is 1. The summed E-state index contributed by atoms with van der Waals surface area (Å²) >= 11 is 0.733. The van der Waals surface area contributed by atoms with Crippen LogP contribution in [0.15, 0.2) is 82.8 Å². The smallest absolute Gasteiger partial charge is 0.425 e. The molecule has 0 saturated carbocycles. The maximum absolute atomic E-state index is 13.9. The van der Waals surface area contributed by atoms with E-state index in [1.807, 2.05) is 6.07 Å². The monoisotopic (exact) mass is 907 g/mol. The molecule has 2 aromatic carbocycles. The minimum atomic E-state index is -4.60. The molecule has 14 nitrogen and oxygen atoms in total. The van der Waals surface area contributed by atoms with Crippen molar-refractivity contribution in [3.05, 3.63) is 104 Å². The minimum Gasteiger partial charge on any atom is -0.455 e. The number of halogens is 3. The van der Waals surface area contributed by atoms with Gasteiger partial charge in [-0.05, 0) is 102 Å². The molecule has 1 aliphatic carbocycles. The predicted octanol–water partition coefficient (Wildman–Crippen LogP) is 9.09. The summed E-state index contributed by atoms with van der Waals surface area (Å²) in [5.41, 5.74) is 3.75. The lowest BCUT2D eigenvalue weighted by atomic mass is 9.73. The Kier molecular flexibility index (Phi) is 12.6. The van der Waals surface area contributed by atoms with Gasteiger partial charge in [0, 0.05) is 81.9 Å². The molecule has 5 heterocycles. The van der Waals surface area contributed by atoms with Crippen LogP contribution >= 0.6 is 11.3 Å². The van der Waals surface area contributed by atoms with Crippen molar-refractivity contribution in [1.82, 2.24) is 19.6 Å². The highest BCUT2D eigenvalue weighted by Gasteiger charge is 2.35. The van der Waals surface area contributed by atoms with Gasteiger partial charge >= 0.3 is 6.18 Å². The summed E-state index contributed by atoms with van der Waals surface area (Å²) in [5, 5.41) is 17.5. The van der Waals surface area contributed by atoms with E-state index in [1.54, 1.807) is 29.8 Å². The van der Waals surface area contributed by atoms with Crippen LogP contribution in [-0.2, 0) is 20.9 Å². The van der Waals surface area contributed by atoms with Gasteiger partial charge in [-0.2, -0.15) is 13.2 Å². The van der Waals surface area contributed by atoms with Crippen molar-refractivity contribution in [2.45, 2.75) is 57.0 Å². The number of rotatable bonds is 13. The highest BCUT2D eigenvalue weighted by molar-refractivity contribution is 7.90. The average Bonchev–Trinajstić information content (AvgIpc) is 3.95. The third kappa shape index (κ3) is 10.3. The third-order valence-electron chi connectivity index (χ3n) is 12.0. The number of alkyl halides is 3. The summed E-state index contributed by atoms with van der Waals surface area (Å²) < 4.78 is 81.7. The third-order valence-corrected chi connectivity index (χ3v) is 14.3. The number of nitrogens with one attached hydrogen (secondary N) is 3. The normalized spacial score (nSPS) is 17.8. The lowest BCUT2D eigenvalue weighted by Gasteiger charge is -2.39.